The zero-order chi connectivity index (χ0) is 15.6. The summed E-state index contributed by atoms with van der Waals surface area (Å²) >= 11 is 5.88. The lowest BCUT2D eigenvalue weighted by Crippen LogP contribution is -2.47. The molecule has 1 unspecified atom stereocenters. The maximum Gasteiger partial charge on any atom is 0.242 e. The average Bonchev–Trinajstić information content (AvgIpc) is 2.24. The van der Waals surface area contributed by atoms with Gasteiger partial charge in [0, 0.05) is 18.8 Å². The molecule has 1 rings (SSSR count). The molecule has 0 radical (unpaired) electrons. The second-order valence-corrected chi connectivity index (χ2v) is 7.39. The number of rotatable bonds is 6. The van der Waals surface area contributed by atoms with Crippen LogP contribution in [0.25, 0.3) is 0 Å². The summed E-state index contributed by atoms with van der Waals surface area (Å²) in [5, 5.41) is 10.1. The van der Waals surface area contributed by atoms with Crippen LogP contribution in [0.1, 0.15) is 6.92 Å². The van der Waals surface area contributed by atoms with Gasteiger partial charge in [-0.3, -0.25) is 0 Å². The highest BCUT2D eigenvalue weighted by Gasteiger charge is 2.26. The third-order valence-corrected chi connectivity index (χ3v) is 4.43. The van der Waals surface area contributed by atoms with E-state index in [9.17, 15) is 13.5 Å². The van der Waals surface area contributed by atoms with Gasteiger partial charge in [-0.2, -0.15) is 0 Å². The van der Waals surface area contributed by atoms with E-state index in [1.807, 2.05) is 0 Å². The van der Waals surface area contributed by atoms with Gasteiger partial charge in [0.05, 0.1) is 10.6 Å². The van der Waals surface area contributed by atoms with Gasteiger partial charge in [0.25, 0.3) is 0 Å². The molecule has 1 aromatic rings. The predicted molar refractivity (Wildman–Crippen MR) is 80.2 cm³/mol. The zero-order valence-corrected chi connectivity index (χ0v) is 13.3. The van der Waals surface area contributed by atoms with E-state index in [2.05, 4.69) is 4.72 Å². The van der Waals surface area contributed by atoms with Crippen molar-refractivity contribution in [3.63, 3.8) is 0 Å². The average molecular weight is 322 g/mol. The molecule has 6 nitrogen and oxygen atoms in total. The first-order chi connectivity index (χ1) is 9.03. The Balaban J connectivity index is 2.85. The molecule has 0 spiro atoms. The fourth-order valence-electron chi connectivity index (χ4n) is 1.80. The minimum Gasteiger partial charge on any atom is -0.399 e. The van der Waals surface area contributed by atoms with Crippen LogP contribution in [0.4, 0.5) is 5.69 Å². The van der Waals surface area contributed by atoms with Gasteiger partial charge in [0.2, 0.25) is 10.0 Å². The van der Waals surface area contributed by atoms with Gasteiger partial charge < -0.3 is 15.7 Å². The smallest absolute Gasteiger partial charge is 0.242 e. The Morgan fingerprint density at radius 2 is 2.05 bits per heavy atom. The van der Waals surface area contributed by atoms with Crippen LogP contribution in [0.5, 0.6) is 0 Å². The number of nitrogens with one attached hydrogen (secondary N) is 1. The van der Waals surface area contributed by atoms with E-state index in [0.29, 0.717) is 12.2 Å². The van der Waals surface area contributed by atoms with Crippen LogP contribution in [0.15, 0.2) is 23.1 Å². The third-order valence-electron chi connectivity index (χ3n) is 2.55. The summed E-state index contributed by atoms with van der Waals surface area (Å²) in [4.78, 5) is 1.71. The second-order valence-electron chi connectivity index (χ2n) is 5.25. The summed E-state index contributed by atoms with van der Waals surface area (Å²) in [5.41, 5.74) is 4.72. The highest BCUT2D eigenvalue weighted by molar-refractivity contribution is 7.89. The van der Waals surface area contributed by atoms with E-state index < -0.39 is 15.6 Å². The first-order valence-electron chi connectivity index (χ1n) is 5.95. The molecule has 0 heterocycles. The van der Waals surface area contributed by atoms with Gasteiger partial charge in [-0.1, -0.05) is 11.6 Å². The van der Waals surface area contributed by atoms with E-state index >= 15 is 0 Å². The number of likely N-dealkylation sites (N-methyl/N-ethyl adjacent to an activating group) is 1. The maximum atomic E-state index is 12.1. The molecule has 0 aromatic heterocycles. The fourth-order valence-corrected chi connectivity index (χ4v) is 3.51. The largest absolute Gasteiger partial charge is 0.399 e. The number of halogens is 1. The molecule has 0 aliphatic heterocycles. The fraction of sp³-hybridized carbons (Fsp3) is 0.500. The predicted octanol–water partition coefficient (Wildman–Crippen LogP) is 0.513. The second kappa shape index (κ2) is 6.28. The van der Waals surface area contributed by atoms with Crippen LogP contribution in [0.3, 0.4) is 0 Å². The van der Waals surface area contributed by atoms with Crippen LogP contribution in [0, 0.1) is 0 Å². The number of anilines is 1. The lowest BCUT2D eigenvalue weighted by atomic mass is 10.1. The molecule has 4 N–H and O–H groups in total. The summed E-state index contributed by atoms with van der Waals surface area (Å²) in [7, 11) is -0.210. The molecule has 0 bridgehead atoms. The van der Waals surface area contributed by atoms with Crippen molar-refractivity contribution in [2.45, 2.75) is 17.4 Å². The summed E-state index contributed by atoms with van der Waals surface area (Å²) in [6.45, 7) is 1.76. The van der Waals surface area contributed by atoms with Gasteiger partial charge >= 0.3 is 0 Å². The van der Waals surface area contributed by atoms with Gasteiger partial charge in [-0.25, -0.2) is 13.1 Å². The van der Waals surface area contributed by atoms with Gasteiger partial charge in [0.15, 0.2) is 0 Å². The number of hydrogen-bond donors (Lipinski definition) is 3. The topological polar surface area (TPSA) is 95.7 Å². The van der Waals surface area contributed by atoms with Crippen molar-refractivity contribution < 1.29 is 13.5 Å². The molecule has 114 valence electrons. The number of nitrogens with zero attached hydrogens (tertiary/aromatic N) is 1. The molecular weight excluding hydrogens is 302 g/mol. The lowest BCUT2D eigenvalue weighted by molar-refractivity contribution is 0.0386. The molecule has 0 aliphatic rings. The van der Waals surface area contributed by atoms with Crippen LogP contribution in [0.2, 0.25) is 5.02 Å². The molecule has 0 fully saturated rings. The van der Waals surface area contributed by atoms with Crippen molar-refractivity contribution >= 4 is 27.3 Å². The summed E-state index contributed by atoms with van der Waals surface area (Å²) in [6.07, 6.45) is 0. The Kier molecular flexibility index (Phi) is 5.39. The minimum absolute atomic E-state index is 0.0461. The van der Waals surface area contributed by atoms with Crippen LogP contribution < -0.4 is 10.5 Å². The lowest BCUT2D eigenvalue weighted by Gasteiger charge is -2.27. The Hall–Kier alpha value is -0.860. The summed E-state index contributed by atoms with van der Waals surface area (Å²) < 4.78 is 26.6. The van der Waals surface area contributed by atoms with E-state index in [1.165, 1.54) is 18.2 Å². The molecule has 1 aromatic carbocycles. The molecule has 0 amide bonds. The summed E-state index contributed by atoms with van der Waals surface area (Å²) in [6, 6.07) is 4.16. The molecular formula is C12H20ClN3O3S. The Bertz CT molecular complexity index is 573. The number of hydrogen-bond acceptors (Lipinski definition) is 5. The Labute approximate surface area is 124 Å². The van der Waals surface area contributed by atoms with Crippen LogP contribution >= 0.6 is 11.6 Å². The highest BCUT2D eigenvalue weighted by atomic mass is 35.5. The van der Waals surface area contributed by atoms with Gasteiger partial charge in [0.1, 0.15) is 4.90 Å². The SMILES string of the molecule is CN(C)CC(C)(O)CNS(=O)(=O)c1ccc(N)cc1Cl. The molecule has 0 saturated carbocycles. The molecule has 8 heteroatoms. The first kappa shape index (κ1) is 17.2. The van der Waals surface area contributed by atoms with Crippen molar-refractivity contribution in [2.75, 3.05) is 32.9 Å². The normalized spacial score (nSPS) is 15.3. The number of sulfonamides is 1. The van der Waals surface area contributed by atoms with E-state index in [-0.39, 0.29) is 16.5 Å². The van der Waals surface area contributed by atoms with Gasteiger partial charge in [-0.05, 0) is 39.2 Å². The van der Waals surface area contributed by atoms with E-state index in [0.717, 1.165) is 0 Å². The highest BCUT2D eigenvalue weighted by Crippen LogP contribution is 2.23. The quantitative estimate of drug-likeness (QED) is 0.664. The first-order valence-corrected chi connectivity index (χ1v) is 7.81. The Morgan fingerprint density at radius 3 is 2.55 bits per heavy atom. The van der Waals surface area contributed by atoms with E-state index in [1.54, 1.807) is 25.9 Å². The van der Waals surface area contributed by atoms with Crippen molar-refractivity contribution in [1.82, 2.24) is 9.62 Å². The Morgan fingerprint density at radius 1 is 1.45 bits per heavy atom. The van der Waals surface area contributed by atoms with Crippen molar-refractivity contribution in [3.8, 4) is 0 Å². The number of nitrogen functional groups attached to an aromatic ring is 1. The van der Waals surface area contributed by atoms with Crippen LogP contribution in [-0.4, -0.2) is 51.2 Å². The zero-order valence-electron chi connectivity index (χ0n) is 11.7. The molecule has 1 atom stereocenters. The third kappa shape index (κ3) is 4.92. The molecule has 0 saturated heterocycles. The van der Waals surface area contributed by atoms with Crippen molar-refractivity contribution in [2.24, 2.45) is 0 Å². The monoisotopic (exact) mass is 321 g/mol. The van der Waals surface area contributed by atoms with E-state index in [4.69, 9.17) is 17.3 Å². The van der Waals surface area contributed by atoms with Crippen molar-refractivity contribution in [1.29, 1.82) is 0 Å². The minimum atomic E-state index is -3.79. The number of aliphatic hydroxyl groups is 1. The maximum absolute atomic E-state index is 12.1. The molecule has 20 heavy (non-hydrogen) atoms. The van der Waals surface area contributed by atoms with Gasteiger partial charge in [-0.15, -0.1) is 0 Å². The van der Waals surface area contributed by atoms with Crippen LogP contribution in [-0.2, 0) is 10.0 Å². The number of nitrogens with two attached hydrogens (primary N) is 1. The standard InChI is InChI=1S/C12H20ClN3O3S/c1-12(17,8-16(2)3)7-15-20(18,19)11-5-4-9(14)6-10(11)13/h4-6,15,17H,7-8,14H2,1-3H3. The number of benzene rings is 1. The molecule has 0 aliphatic carbocycles. The summed E-state index contributed by atoms with van der Waals surface area (Å²) in [5.74, 6) is 0. The van der Waals surface area contributed by atoms with Crippen molar-refractivity contribution in [3.05, 3.63) is 23.2 Å².